The van der Waals surface area contributed by atoms with Crippen molar-refractivity contribution in [2.45, 2.75) is 4.90 Å². The van der Waals surface area contributed by atoms with Gasteiger partial charge >= 0.3 is 6.03 Å². The topological polar surface area (TPSA) is 84.6 Å². The van der Waals surface area contributed by atoms with Crippen molar-refractivity contribution in [1.82, 2.24) is 0 Å². The molecule has 0 spiro atoms. The summed E-state index contributed by atoms with van der Waals surface area (Å²) >= 11 is 9.09. The summed E-state index contributed by atoms with van der Waals surface area (Å²) in [5, 5.41) is 0.544. The second-order valence-corrected chi connectivity index (χ2v) is 7.28. The molecule has 0 aliphatic rings. The number of carbonyl (C=O) groups excluding carboxylic acids is 1. The van der Waals surface area contributed by atoms with Gasteiger partial charge in [0.2, 0.25) is 0 Å². The summed E-state index contributed by atoms with van der Waals surface area (Å²) in [7, 11) is -3.21. The van der Waals surface area contributed by atoms with E-state index >= 15 is 0 Å². The lowest BCUT2D eigenvalue weighted by molar-refractivity contribution is 0.257. The fourth-order valence-electron chi connectivity index (χ4n) is 1.56. The Morgan fingerprint density at radius 1 is 1.14 bits per heavy atom. The third-order valence-electron chi connectivity index (χ3n) is 2.45. The average Bonchev–Trinajstić information content (AvgIpc) is 2.41. The number of urea groups is 1. The van der Waals surface area contributed by atoms with Crippen molar-refractivity contribution >= 4 is 49.2 Å². The van der Waals surface area contributed by atoms with Crippen molar-refractivity contribution in [2.75, 3.05) is 4.72 Å². The van der Waals surface area contributed by atoms with Gasteiger partial charge < -0.3 is 5.73 Å². The molecule has 3 N–H and O–H groups in total. The van der Waals surface area contributed by atoms with Crippen LogP contribution in [0.1, 0.15) is 0 Å². The van der Waals surface area contributed by atoms with Crippen LogP contribution in [0.3, 0.4) is 0 Å². The van der Waals surface area contributed by atoms with E-state index in [1.54, 1.807) is 48.5 Å². The molecule has 0 aromatic heterocycles. The zero-order chi connectivity index (χ0) is 15.5. The zero-order valence-electron chi connectivity index (χ0n) is 10.6. The van der Waals surface area contributed by atoms with Gasteiger partial charge in [0.25, 0.3) is 0 Å². The Balaban J connectivity index is 2.48. The highest BCUT2D eigenvalue weighted by Crippen LogP contribution is 2.21. The lowest BCUT2D eigenvalue weighted by Gasteiger charge is -2.12. The smallest absolute Gasteiger partial charge is 0.348 e. The molecule has 2 aromatic rings. The lowest BCUT2D eigenvalue weighted by Crippen LogP contribution is -2.17. The predicted molar refractivity (Wildman–Crippen MR) is 87.6 cm³/mol. The molecule has 0 fully saturated rings. The quantitative estimate of drug-likeness (QED) is 0.831. The van der Waals surface area contributed by atoms with Crippen LogP contribution in [-0.4, -0.2) is 10.2 Å². The van der Waals surface area contributed by atoms with Gasteiger partial charge in [-0.05, 0) is 48.5 Å². The summed E-state index contributed by atoms with van der Waals surface area (Å²) in [5.41, 5.74) is 5.58. The van der Waals surface area contributed by atoms with E-state index in [4.69, 9.17) is 17.3 Å². The van der Waals surface area contributed by atoms with E-state index in [-0.39, 0.29) is 0 Å². The van der Waals surface area contributed by atoms with Gasteiger partial charge in [-0.15, -0.1) is 4.36 Å². The molecular formula is C13H11BrClN3O2S. The molecule has 1 unspecified atom stereocenters. The summed E-state index contributed by atoms with van der Waals surface area (Å²) in [6.07, 6.45) is 0. The van der Waals surface area contributed by atoms with Crippen LogP contribution in [0.15, 0.2) is 62.3 Å². The number of amides is 2. The number of carbonyl (C=O) groups is 1. The highest BCUT2D eigenvalue weighted by atomic mass is 79.9. The number of nitrogens with one attached hydrogen (secondary N) is 1. The van der Waals surface area contributed by atoms with Gasteiger partial charge in [0.1, 0.15) is 0 Å². The number of nitrogens with zero attached hydrogens (tertiary/aromatic N) is 1. The minimum absolute atomic E-state index is 0.347. The first kappa shape index (κ1) is 15.8. The van der Waals surface area contributed by atoms with Crippen molar-refractivity contribution in [3.63, 3.8) is 0 Å². The molecule has 0 saturated carbocycles. The van der Waals surface area contributed by atoms with Crippen LogP contribution in [0.5, 0.6) is 0 Å². The maximum Gasteiger partial charge on any atom is 0.348 e. The fraction of sp³-hybridized carbons (Fsp3) is 0. The number of anilines is 1. The molecule has 0 aliphatic carbocycles. The fourth-order valence-corrected chi connectivity index (χ4v) is 3.43. The molecule has 0 bridgehead atoms. The molecule has 21 heavy (non-hydrogen) atoms. The molecule has 0 saturated heterocycles. The summed E-state index contributed by atoms with van der Waals surface area (Å²) in [4.78, 5) is 11.5. The predicted octanol–water partition coefficient (Wildman–Crippen LogP) is 4.04. The van der Waals surface area contributed by atoms with Crippen LogP contribution in [-0.2, 0) is 9.92 Å². The number of benzene rings is 2. The van der Waals surface area contributed by atoms with Crippen LogP contribution >= 0.6 is 27.5 Å². The van der Waals surface area contributed by atoms with Crippen LogP contribution in [0.4, 0.5) is 10.5 Å². The van der Waals surface area contributed by atoms with Gasteiger partial charge in [-0.1, -0.05) is 27.5 Å². The molecule has 2 amide bonds. The molecule has 0 radical (unpaired) electrons. The minimum atomic E-state index is -3.21. The van der Waals surface area contributed by atoms with Crippen molar-refractivity contribution in [3.8, 4) is 0 Å². The summed E-state index contributed by atoms with van der Waals surface area (Å²) < 4.78 is 20.0. The molecule has 8 heteroatoms. The van der Waals surface area contributed by atoms with Crippen LogP contribution in [0.25, 0.3) is 0 Å². The van der Waals surface area contributed by atoms with Gasteiger partial charge in [-0.2, -0.15) is 0 Å². The number of hydrogen-bond donors (Lipinski definition) is 2. The van der Waals surface area contributed by atoms with E-state index in [1.807, 2.05) is 0 Å². The molecule has 5 nitrogen and oxygen atoms in total. The average molecular weight is 389 g/mol. The number of hydrogen-bond acceptors (Lipinski definition) is 2. The van der Waals surface area contributed by atoms with Crippen molar-refractivity contribution in [2.24, 2.45) is 10.1 Å². The first-order valence-corrected chi connectivity index (χ1v) is 8.43. The number of primary amides is 1. The van der Waals surface area contributed by atoms with Gasteiger partial charge in [-0.25, -0.2) is 9.00 Å². The minimum Gasteiger partial charge on any atom is -0.349 e. The zero-order valence-corrected chi connectivity index (χ0v) is 13.8. The molecule has 2 rings (SSSR count). The van der Waals surface area contributed by atoms with E-state index in [0.29, 0.717) is 15.6 Å². The van der Waals surface area contributed by atoms with Crippen LogP contribution in [0, 0.1) is 0 Å². The third-order valence-corrected chi connectivity index (χ3v) is 5.09. The Morgan fingerprint density at radius 2 is 1.71 bits per heavy atom. The van der Waals surface area contributed by atoms with E-state index in [9.17, 15) is 9.00 Å². The van der Waals surface area contributed by atoms with Crippen molar-refractivity contribution < 1.29 is 9.00 Å². The Kier molecular flexibility index (Phi) is 4.87. The largest absolute Gasteiger partial charge is 0.349 e. The van der Waals surface area contributed by atoms with Gasteiger partial charge in [0.15, 0.2) is 9.92 Å². The summed E-state index contributed by atoms with van der Waals surface area (Å²) in [6.45, 7) is 0. The van der Waals surface area contributed by atoms with E-state index < -0.39 is 15.9 Å². The Labute approximate surface area is 135 Å². The first-order chi connectivity index (χ1) is 9.89. The second-order valence-electron chi connectivity index (χ2n) is 4.02. The Bertz CT molecular complexity index is 769. The molecular weight excluding hydrogens is 378 g/mol. The summed E-state index contributed by atoms with van der Waals surface area (Å²) in [6, 6.07) is 12.1. The Morgan fingerprint density at radius 3 is 2.24 bits per heavy atom. The maximum atomic E-state index is 12.9. The SMILES string of the molecule is NC(=O)N=S(=O)(Nc1ccc(Cl)cc1)c1ccc(Br)cc1. The van der Waals surface area contributed by atoms with Crippen molar-refractivity contribution in [3.05, 3.63) is 58.0 Å². The number of rotatable bonds is 3. The first-order valence-electron chi connectivity index (χ1n) is 5.74. The van der Waals surface area contributed by atoms with Gasteiger partial charge in [-0.3, -0.25) is 4.72 Å². The number of halogens is 2. The second kappa shape index (κ2) is 6.46. The molecule has 0 heterocycles. The molecule has 2 aromatic carbocycles. The summed E-state index contributed by atoms with van der Waals surface area (Å²) in [5.74, 6) is 0. The van der Waals surface area contributed by atoms with Crippen LogP contribution < -0.4 is 10.5 Å². The third kappa shape index (κ3) is 4.20. The number of nitrogens with two attached hydrogens (primary N) is 1. The Hall–Kier alpha value is -1.57. The van der Waals surface area contributed by atoms with E-state index in [0.717, 1.165) is 4.47 Å². The lowest BCUT2D eigenvalue weighted by atomic mass is 10.3. The van der Waals surface area contributed by atoms with Crippen molar-refractivity contribution in [1.29, 1.82) is 0 Å². The van der Waals surface area contributed by atoms with E-state index in [1.165, 1.54) is 0 Å². The standard InChI is InChI=1S/C13H11BrClN3O2S/c14-9-1-7-12(8-2-9)21(20,18-13(16)19)17-11-5-3-10(15)4-6-11/h1-8H,(H3,16,17,18,19,20). The van der Waals surface area contributed by atoms with E-state index in [2.05, 4.69) is 25.0 Å². The van der Waals surface area contributed by atoms with Gasteiger partial charge in [0, 0.05) is 15.2 Å². The molecule has 110 valence electrons. The normalized spacial score (nSPS) is 13.2. The van der Waals surface area contributed by atoms with Gasteiger partial charge in [0.05, 0.1) is 4.90 Å². The highest BCUT2D eigenvalue weighted by molar-refractivity contribution is 9.10. The maximum absolute atomic E-state index is 12.9. The highest BCUT2D eigenvalue weighted by Gasteiger charge is 2.14. The molecule has 1 atom stereocenters. The molecule has 0 aliphatic heterocycles. The monoisotopic (exact) mass is 387 g/mol. The van der Waals surface area contributed by atoms with Crippen LogP contribution in [0.2, 0.25) is 5.02 Å².